The van der Waals surface area contributed by atoms with Gasteiger partial charge in [-0.25, -0.2) is 4.39 Å². The standard InChI is InChI=1S/C15H22FNO/c1-10-5-4-7-11(10)15(18)13(9-17)12-6-2-3-8-14(12)16/h2-3,6,8,10-11,13,15,18H,4-5,7,9,17H2,1H3. The summed E-state index contributed by atoms with van der Waals surface area (Å²) in [7, 11) is 0. The number of hydrogen-bond donors (Lipinski definition) is 2. The molecule has 3 N–H and O–H groups in total. The highest BCUT2D eigenvalue weighted by Gasteiger charge is 2.35. The van der Waals surface area contributed by atoms with Crippen molar-refractivity contribution in [2.75, 3.05) is 6.54 Å². The van der Waals surface area contributed by atoms with Crippen molar-refractivity contribution in [2.45, 2.75) is 38.2 Å². The predicted molar refractivity (Wildman–Crippen MR) is 70.7 cm³/mol. The van der Waals surface area contributed by atoms with E-state index in [2.05, 4.69) is 6.92 Å². The van der Waals surface area contributed by atoms with Gasteiger partial charge in [0.15, 0.2) is 0 Å². The molecule has 0 bridgehead atoms. The Morgan fingerprint density at radius 2 is 2.11 bits per heavy atom. The van der Waals surface area contributed by atoms with E-state index in [1.165, 1.54) is 6.07 Å². The largest absolute Gasteiger partial charge is 0.392 e. The molecule has 0 spiro atoms. The van der Waals surface area contributed by atoms with Gasteiger partial charge in [0.1, 0.15) is 5.82 Å². The fraction of sp³-hybridized carbons (Fsp3) is 0.600. The molecule has 1 saturated carbocycles. The Morgan fingerprint density at radius 3 is 2.67 bits per heavy atom. The number of aliphatic hydroxyl groups is 1. The van der Waals surface area contributed by atoms with Gasteiger partial charge < -0.3 is 10.8 Å². The van der Waals surface area contributed by atoms with Gasteiger partial charge in [-0.3, -0.25) is 0 Å². The van der Waals surface area contributed by atoms with Crippen molar-refractivity contribution >= 4 is 0 Å². The topological polar surface area (TPSA) is 46.2 Å². The summed E-state index contributed by atoms with van der Waals surface area (Å²) in [6.45, 7) is 2.45. The van der Waals surface area contributed by atoms with Crippen LogP contribution in [0.25, 0.3) is 0 Å². The molecule has 0 heterocycles. The Bertz CT molecular complexity index is 396. The van der Waals surface area contributed by atoms with E-state index in [9.17, 15) is 9.50 Å². The summed E-state index contributed by atoms with van der Waals surface area (Å²) >= 11 is 0. The highest BCUT2D eigenvalue weighted by molar-refractivity contribution is 5.23. The fourth-order valence-electron chi connectivity index (χ4n) is 3.21. The van der Waals surface area contributed by atoms with Crippen molar-refractivity contribution in [3.63, 3.8) is 0 Å². The smallest absolute Gasteiger partial charge is 0.126 e. The number of aliphatic hydroxyl groups excluding tert-OH is 1. The first kappa shape index (κ1) is 13.5. The molecule has 0 aromatic heterocycles. The first-order valence-corrected chi connectivity index (χ1v) is 6.77. The first-order valence-electron chi connectivity index (χ1n) is 6.77. The average molecular weight is 251 g/mol. The summed E-state index contributed by atoms with van der Waals surface area (Å²) in [5.41, 5.74) is 6.31. The molecule has 0 aliphatic heterocycles. The second kappa shape index (κ2) is 5.81. The maximum atomic E-state index is 13.8. The number of rotatable bonds is 4. The highest BCUT2D eigenvalue weighted by Crippen LogP contribution is 2.38. The number of halogens is 1. The van der Waals surface area contributed by atoms with Crippen LogP contribution in [0, 0.1) is 17.7 Å². The highest BCUT2D eigenvalue weighted by atomic mass is 19.1. The average Bonchev–Trinajstić information content (AvgIpc) is 2.78. The van der Waals surface area contributed by atoms with E-state index >= 15 is 0 Å². The van der Waals surface area contributed by atoms with Crippen molar-refractivity contribution in [3.8, 4) is 0 Å². The Hall–Kier alpha value is -0.930. The van der Waals surface area contributed by atoms with Crippen LogP contribution in [0.4, 0.5) is 4.39 Å². The van der Waals surface area contributed by atoms with Gasteiger partial charge in [0.2, 0.25) is 0 Å². The van der Waals surface area contributed by atoms with Crippen LogP contribution in [-0.4, -0.2) is 17.8 Å². The van der Waals surface area contributed by atoms with Crippen LogP contribution in [0.5, 0.6) is 0 Å². The van der Waals surface area contributed by atoms with Crippen LogP contribution >= 0.6 is 0 Å². The second-order valence-corrected chi connectivity index (χ2v) is 5.43. The summed E-state index contributed by atoms with van der Waals surface area (Å²) in [6, 6.07) is 6.63. The van der Waals surface area contributed by atoms with Gasteiger partial charge in [-0.1, -0.05) is 38.0 Å². The molecular formula is C15H22FNO. The van der Waals surface area contributed by atoms with Gasteiger partial charge in [-0.2, -0.15) is 0 Å². The maximum absolute atomic E-state index is 13.8. The second-order valence-electron chi connectivity index (χ2n) is 5.43. The lowest BCUT2D eigenvalue weighted by Gasteiger charge is -2.29. The number of hydrogen-bond acceptors (Lipinski definition) is 2. The number of nitrogens with two attached hydrogens (primary N) is 1. The first-order chi connectivity index (χ1) is 8.65. The lowest BCUT2D eigenvalue weighted by Crippen LogP contribution is -2.34. The molecule has 3 heteroatoms. The molecule has 2 nitrogen and oxygen atoms in total. The van der Waals surface area contributed by atoms with E-state index in [0.29, 0.717) is 11.5 Å². The van der Waals surface area contributed by atoms with E-state index in [1.54, 1.807) is 18.2 Å². The lowest BCUT2D eigenvalue weighted by atomic mass is 9.81. The summed E-state index contributed by atoms with van der Waals surface area (Å²) in [6.07, 6.45) is 2.78. The molecule has 0 saturated heterocycles. The van der Waals surface area contributed by atoms with E-state index < -0.39 is 6.10 Å². The van der Waals surface area contributed by atoms with Crippen LogP contribution in [0.15, 0.2) is 24.3 Å². The molecule has 1 aliphatic carbocycles. The molecule has 0 radical (unpaired) electrons. The third kappa shape index (κ3) is 2.57. The molecule has 18 heavy (non-hydrogen) atoms. The predicted octanol–water partition coefficient (Wildman–Crippen LogP) is 2.67. The van der Waals surface area contributed by atoms with Gasteiger partial charge in [0, 0.05) is 12.5 Å². The third-order valence-corrected chi connectivity index (χ3v) is 4.34. The maximum Gasteiger partial charge on any atom is 0.126 e. The molecule has 1 aromatic rings. The number of benzene rings is 1. The monoisotopic (exact) mass is 251 g/mol. The summed E-state index contributed by atoms with van der Waals surface area (Å²) in [5, 5.41) is 10.5. The van der Waals surface area contributed by atoms with Crippen molar-refractivity contribution in [3.05, 3.63) is 35.6 Å². The molecule has 1 fully saturated rings. The molecule has 1 aromatic carbocycles. The van der Waals surface area contributed by atoms with Crippen molar-refractivity contribution in [1.82, 2.24) is 0 Å². The Labute approximate surface area is 108 Å². The lowest BCUT2D eigenvalue weighted by molar-refractivity contribution is 0.0654. The van der Waals surface area contributed by atoms with Crippen molar-refractivity contribution < 1.29 is 9.50 Å². The van der Waals surface area contributed by atoms with Crippen molar-refractivity contribution in [1.29, 1.82) is 0 Å². The van der Waals surface area contributed by atoms with Gasteiger partial charge in [-0.05, 0) is 29.9 Å². The molecule has 100 valence electrons. The minimum atomic E-state index is -0.538. The van der Waals surface area contributed by atoms with Gasteiger partial charge >= 0.3 is 0 Å². The van der Waals surface area contributed by atoms with Gasteiger partial charge in [0.05, 0.1) is 6.10 Å². The zero-order valence-corrected chi connectivity index (χ0v) is 10.8. The quantitative estimate of drug-likeness (QED) is 0.864. The Morgan fingerprint density at radius 1 is 1.39 bits per heavy atom. The van der Waals surface area contributed by atoms with E-state index in [1.807, 2.05) is 0 Å². The normalized spacial score (nSPS) is 27.1. The summed E-state index contributed by atoms with van der Waals surface area (Å²) < 4.78 is 13.8. The summed E-state index contributed by atoms with van der Waals surface area (Å²) in [5.74, 6) is 0.188. The van der Waals surface area contributed by atoms with Crippen LogP contribution in [0.2, 0.25) is 0 Å². The molecule has 2 rings (SSSR count). The van der Waals surface area contributed by atoms with Crippen LogP contribution in [-0.2, 0) is 0 Å². The van der Waals surface area contributed by atoms with Gasteiger partial charge in [-0.15, -0.1) is 0 Å². The van der Waals surface area contributed by atoms with Crippen LogP contribution in [0.1, 0.15) is 37.7 Å². The molecule has 0 amide bonds. The van der Waals surface area contributed by atoms with Crippen LogP contribution < -0.4 is 5.73 Å². The van der Waals surface area contributed by atoms with E-state index in [0.717, 1.165) is 19.3 Å². The fourth-order valence-corrected chi connectivity index (χ4v) is 3.21. The third-order valence-electron chi connectivity index (χ3n) is 4.34. The summed E-state index contributed by atoms with van der Waals surface area (Å²) in [4.78, 5) is 0. The zero-order chi connectivity index (χ0) is 13.1. The van der Waals surface area contributed by atoms with E-state index in [-0.39, 0.29) is 24.2 Å². The zero-order valence-electron chi connectivity index (χ0n) is 10.8. The molecule has 1 aliphatic rings. The minimum absolute atomic E-state index is 0.248. The van der Waals surface area contributed by atoms with Gasteiger partial charge in [0.25, 0.3) is 0 Å². The Balaban J connectivity index is 2.20. The molecular weight excluding hydrogens is 229 g/mol. The SMILES string of the molecule is CC1CCCC1C(O)C(CN)c1ccccc1F. The minimum Gasteiger partial charge on any atom is -0.392 e. The Kier molecular flexibility index (Phi) is 4.36. The van der Waals surface area contributed by atoms with E-state index in [4.69, 9.17) is 5.73 Å². The van der Waals surface area contributed by atoms with Crippen molar-refractivity contribution in [2.24, 2.45) is 17.6 Å². The molecule has 4 atom stereocenters. The van der Waals surface area contributed by atoms with Crippen LogP contribution in [0.3, 0.4) is 0 Å². The molecule has 4 unspecified atom stereocenters.